The normalized spacial score (nSPS) is 14.3. The first kappa shape index (κ1) is 16.3. The molecule has 1 saturated heterocycles. The lowest BCUT2D eigenvalue weighted by molar-refractivity contribution is 0.0595. The Morgan fingerprint density at radius 3 is 2.58 bits per heavy atom. The van der Waals surface area contributed by atoms with Crippen LogP contribution in [0.2, 0.25) is 0 Å². The highest BCUT2D eigenvalue weighted by Crippen LogP contribution is 2.28. The van der Waals surface area contributed by atoms with Gasteiger partial charge in [-0.25, -0.2) is 4.79 Å². The molecule has 0 aromatic heterocycles. The summed E-state index contributed by atoms with van der Waals surface area (Å²) in [6, 6.07) is 15.5. The van der Waals surface area contributed by atoms with Crippen molar-refractivity contribution in [1.29, 1.82) is 0 Å². The largest absolute Gasteiger partial charge is 0.488 e. The molecule has 0 spiro atoms. The van der Waals surface area contributed by atoms with E-state index in [1.54, 1.807) is 6.07 Å². The SMILES string of the molecule is COC(=O)c1ccc(N2CCOCC2)cc1OCc1ccccc1. The summed E-state index contributed by atoms with van der Waals surface area (Å²) in [5, 5.41) is 0. The summed E-state index contributed by atoms with van der Waals surface area (Å²) in [5.41, 5.74) is 2.50. The van der Waals surface area contributed by atoms with Crippen LogP contribution in [0, 0.1) is 0 Å². The number of rotatable bonds is 5. The van der Waals surface area contributed by atoms with Gasteiger partial charge >= 0.3 is 5.97 Å². The molecule has 0 radical (unpaired) electrons. The number of hydrogen-bond acceptors (Lipinski definition) is 5. The van der Waals surface area contributed by atoms with E-state index in [1.807, 2.05) is 42.5 Å². The third kappa shape index (κ3) is 3.86. The van der Waals surface area contributed by atoms with Crippen molar-refractivity contribution >= 4 is 11.7 Å². The number of hydrogen-bond donors (Lipinski definition) is 0. The Kier molecular flexibility index (Phi) is 5.33. The van der Waals surface area contributed by atoms with E-state index in [0.29, 0.717) is 31.1 Å². The summed E-state index contributed by atoms with van der Waals surface area (Å²) in [6.07, 6.45) is 0. The Bertz CT molecular complexity index is 681. The number of benzene rings is 2. The third-order valence-corrected chi connectivity index (χ3v) is 3.98. The first-order valence-electron chi connectivity index (χ1n) is 7.99. The molecule has 0 atom stereocenters. The second-order valence-corrected chi connectivity index (χ2v) is 5.55. The number of methoxy groups -OCH3 is 1. The van der Waals surface area contributed by atoms with E-state index in [4.69, 9.17) is 14.2 Å². The Morgan fingerprint density at radius 2 is 1.88 bits per heavy atom. The van der Waals surface area contributed by atoms with Crippen molar-refractivity contribution < 1.29 is 19.0 Å². The molecule has 0 saturated carbocycles. The number of nitrogens with zero attached hydrogens (tertiary/aromatic N) is 1. The molecule has 5 nitrogen and oxygen atoms in total. The van der Waals surface area contributed by atoms with Gasteiger partial charge in [-0.15, -0.1) is 0 Å². The molecule has 126 valence electrons. The average Bonchev–Trinajstić information content (AvgIpc) is 2.67. The predicted molar refractivity (Wildman–Crippen MR) is 91.6 cm³/mol. The van der Waals surface area contributed by atoms with Gasteiger partial charge in [-0.2, -0.15) is 0 Å². The molecule has 0 N–H and O–H groups in total. The van der Waals surface area contributed by atoms with Crippen molar-refractivity contribution in [2.45, 2.75) is 6.61 Å². The van der Waals surface area contributed by atoms with E-state index in [-0.39, 0.29) is 0 Å². The van der Waals surface area contributed by atoms with Crippen molar-refractivity contribution in [2.24, 2.45) is 0 Å². The summed E-state index contributed by atoms with van der Waals surface area (Å²) in [6.45, 7) is 3.47. The fourth-order valence-electron chi connectivity index (χ4n) is 2.66. The molecule has 0 amide bonds. The Morgan fingerprint density at radius 1 is 1.12 bits per heavy atom. The maximum absolute atomic E-state index is 12.0. The summed E-state index contributed by atoms with van der Waals surface area (Å²) in [4.78, 5) is 14.2. The number of esters is 1. The molecule has 0 unspecified atom stereocenters. The molecule has 1 fully saturated rings. The molecule has 5 heteroatoms. The zero-order valence-electron chi connectivity index (χ0n) is 13.7. The smallest absolute Gasteiger partial charge is 0.341 e. The molecule has 1 aliphatic heterocycles. The van der Waals surface area contributed by atoms with Gasteiger partial charge in [0.2, 0.25) is 0 Å². The van der Waals surface area contributed by atoms with E-state index in [9.17, 15) is 4.79 Å². The lowest BCUT2D eigenvalue weighted by Crippen LogP contribution is -2.36. The van der Waals surface area contributed by atoms with Crippen LogP contribution in [0.25, 0.3) is 0 Å². The van der Waals surface area contributed by atoms with Gasteiger partial charge < -0.3 is 19.1 Å². The first-order chi connectivity index (χ1) is 11.8. The quantitative estimate of drug-likeness (QED) is 0.790. The molecular weight excluding hydrogens is 306 g/mol. The number of anilines is 1. The molecule has 0 bridgehead atoms. The van der Waals surface area contributed by atoms with Crippen molar-refractivity contribution in [3.63, 3.8) is 0 Å². The molecule has 0 aliphatic carbocycles. The maximum atomic E-state index is 12.0. The number of morpholine rings is 1. The van der Waals surface area contributed by atoms with Crippen LogP contribution >= 0.6 is 0 Å². The van der Waals surface area contributed by atoms with Crippen molar-refractivity contribution in [2.75, 3.05) is 38.3 Å². The average molecular weight is 327 g/mol. The van der Waals surface area contributed by atoms with E-state index in [2.05, 4.69) is 4.90 Å². The molecule has 2 aromatic carbocycles. The van der Waals surface area contributed by atoms with E-state index in [0.717, 1.165) is 24.3 Å². The monoisotopic (exact) mass is 327 g/mol. The highest BCUT2D eigenvalue weighted by molar-refractivity contribution is 5.93. The van der Waals surface area contributed by atoms with Crippen LogP contribution in [0.4, 0.5) is 5.69 Å². The van der Waals surface area contributed by atoms with E-state index in [1.165, 1.54) is 7.11 Å². The summed E-state index contributed by atoms with van der Waals surface area (Å²) >= 11 is 0. The van der Waals surface area contributed by atoms with Gasteiger partial charge in [0.25, 0.3) is 0 Å². The standard InChI is InChI=1S/C19H21NO4/c1-22-19(21)17-8-7-16(20-9-11-23-12-10-20)13-18(17)24-14-15-5-3-2-4-6-15/h2-8,13H,9-12,14H2,1H3. The van der Waals surface area contributed by atoms with E-state index < -0.39 is 5.97 Å². The minimum Gasteiger partial charge on any atom is -0.488 e. The molecule has 2 aromatic rings. The van der Waals surface area contributed by atoms with Gasteiger partial charge in [0, 0.05) is 24.8 Å². The van der Waals surface area contributed by atoms with Crippen LogP contribution in [-0.2, 0) is 16.1 Å². The molecule has 1 aliphatic rings. The molecule has 1 heterocycles. The van der Waals surface area contributed by atoms with Crippen molar-refractivity contribution in [3.8, 4) is 5.75 Å². The number of ether oxygens (including phenoxy) is 3. The van der Waals surface area contributed by atoms with Crippen LogP contribution < -0.4 is 9.64 Å². The third-order valence-electron chi connectivity index (χ3n) is 3.98. The van der Waals surface area contributed by atoms with Crippen LogP contribution in [0.3, 0.4) is 0 Å². The fourth-order valence-corrected chi connectivity index (χ4v) is 2.66. The zero-order valence-corrected chi connectivity index (χ0v) is 13.7. The van der Waals surface area contributed by atoms with Crippen molar-refractivity contribution in [3.05, 3.63) is 59.7 Å². The topological polar surface area (TPSA) is 48.0 Å². The maximum Gasteiger partial charge on any atom is 0.341 e. The van der Waals surface area contributed by atoms with Gasteiger partial charge in [-0.05, 0) is 17.7 Å². The summed E-state index contributed by atoms with van der Waals surface area (Å²) < 4.78 is 16.2. The van der Waals surface area contributed by atoms with Crippen molar-refractivity contribution in [1.82, 2.24) is 0 Å². The number of carbonyl (C=O) groups is 1. The van der Waals surface area contributed by atoms with Gasteiger partial charge in [-0.3, -0.25) is 0 Å². The number of carbonyl (C=O) groups excluding carboxylic acids is 1. The highest BCUT2D eigenvalue weighted by Gasteiger charge is 2.17. The zero-order chi connectivity index (χ0) is 16.8. The molecule has 24 heavy (non-hydrogen) atoms. The van der Waals surface area contributed by atoms with Gasteiger partial charge in [0.05, 0.1) is 20.3 Å². The molecular formula is C19H21NO4. The predicted octanol–water partition coefficient (Wildman–Crippen LogP) is 2.89. The first-order valence-corrected chi connectivity index (χ1v) is 7.99. The second-order valence-electron chi connectivity index (χ2n) is 5.55. The van der Waals surface area contributed by atoms with Crippen LogP contribution in [-0.4, -0.2) is 39.4 Å². The second kappa shape index (κ2) is 7.84. The lowest BCUT2D eigenvalue weighted by atomic mass is 10.1. The summed E-state index contributed by atoms with van der Waals surface area (Å²) in [5.74, 6) is 0.140. The van der Waals surface area contributed by atoms with E-state index >= 15 is 0 Å². The fraction of sp³-hybridized carbons (Fsp3) is 0.316. The van der Waals surface area contributed by atoms with Gasteiger partial charge in [-0.1, -0.05) is 30.3 Å². The van der Waals surface area contributed by atoms with Crippen LogP contribution in [0.1, 0.15) is 15.9 Å². The Hall–Kier alpha value is -2.53. The highest BCUT2D eigenvalue weighted by atomic mass is 16.5. The Labute approximate surface area is 141 Å². The van der Waals surface area contributed by atoms with Crippen LogP contribution in [0.15, 0.2) is 48.5 Å². The minimum absolute atomic E-state index is 0.397. The van der Waals surface area contributed by atoms with Gasteiger partial charge in [0.15, 0.2) is 0 Å². The molecule has 3 rings (SSSR count). The Balaban J connectivity index is 1.83. The lowest BCUT2D eigenvalue weighted by Gasteiger charge is -2.29. The minimum atomic E-state index is -0.397. The van der Waals surface area contributed by atoms with Gasteiger partial charge in [0.1, 0.15) is 17.9 Å². The summed E-state index contributed by atoms with van der Waals surface area (Å²) in [7, 11) is 1.37. The van der Waals surface area contributed by atoms with Crippen LogP contribution in [0.5, 0.6) is 5.75 Å².